The molecule has 0 N–H and O–H groups in total. The molecule has 4 aromatic rings. The van der Waals surface area contributed by atoms with Gasteiger partial charge in [0.2, 0.25) is 11.5 Å². The highest BCUT2D eigenvalue weighted by molar-refractivity contribution is 5.88. The molecule has 6 rings (SSSR count). The molecule has 18 nitrogen and oxygen atoms in total. The van der Waals surface area contributed by atoms with Gasteiger partial charge in [0.15, 0.2) is 57.8 Å². The minimum atomic E-state index is -1.01. The van der Waals surface area contributed by atoms with Crippen LogP contribution in [0.5, 0.6) is 57.5 Å². The van der Waals surface area contributed by atoms with Gasteiger partial charge < -0.3 is 75.4 Å². The number of carbonyl (C=O) groups excluding carboxylic acids is 4. The van der Waals surface area contributed by atoms with E-state index in [2.05, 4.69) is 14.1 Å². The third-order valence-electron chi connectivity index (χ3n) is 15.3. The normalized spacial score (nSPS) is 19.3. The van der Waals surface area contributed by atoms with Crippen LogP contribution >= 0.6 is 0 Å². The molecule has 0 saturated heterocycles. The van der Waals surface area contributed by atoms with Crippen molar-refractivity contribution in [2.75, 3.05) is 125 Å². The molecule has 76 heavy (non-hydrogen) atoms. The monoisotopic (exact) mass is 1060 g/mol. The molecule has 4 aromatic carbocycles. The minimum Gasteiger partial charge on any atom is -0.493 e. The smallest absolute Gasteiger partial charge is 0.322 e. The van der Waals surface area contributed by atoms with Gasteiger partial charge in [-0.15, -0.1) is 0 Å². The average molecular weight is 1060 g/mol. The Morgan fingerprint density at radius 2 is 0.776 bits per heavy atom. The van der Waals surface area contributed by atoms with Crippen molar-refractivity contribution in [1.82, 2.24) is 0 Å². The number of carbonyl (C=O) groups is 4. The zero-order valence-corrected chi connectivity index (χ0v) is 46.4. The van der Waals surface area contributed by atoms with E-state index in [1.165, 1.54) is 0 Å². The number of benzene rings is 4. The zero-order valence-electron chi connectivity index (χ0n) is 46.4. The molecule has 0 spiro atoms. The number of ether oxygens (including phenoxy) is 12. The van der Waals surface area contributed by atoms with Gasteiger partial charge in [-0.3, -0.25) is 9.59 Å². The number of likely N-dealkylation sites (N-methyl/N-ethyl adjacent to an activating group) is 2. The van der Waals surface area contributed by atoms with Crippen molar-refractivity contribution < 1.29 is 85.0 Å². The lowest BCUT2D eigenvalue weighted by atomic mass is 9.85. The average Bonchev–Trinajstić information content (AvgIpc) is 3.44. The lowest BCUT2D eigenvalue weighted by Gasteiger charge is -2.46. The van der Waals surface area contributed by atoms with E-state index < -0.39 is 23.8 Å². The molecule has 2 aliphatic heterocycles. The quantitative estimate of drug-likeness (QED) is 0.0173. The molecule has 2 aliphatic rings. The van der Waals surface area contributed by atoms with Crippen molar-refractivity contribution in [2.45, 2.75) is 63.5 Å². The molecule has 6 unspecified atom stereocenters. The number of methoxy groups -OCH3 is 10. The summed E-state index contributed by atoms with van der Waals surface area (Å²) >= 11 is 0. The SMILES string of the molecule is COc1cc2c(cc1OC)C(Cc1cc(OC)c(OC)c(OC)c1)[N+](C)(CC(C=O)C(=O)OCCCCCCOC(=O)C(C=O)C[N+]1(C)CCc3cc(OC)c(OC)cc3C1Cc1cc(OC)c(OC)c(OC)c1)CC2. The van der Waals surface area contributed by atoms with Crippen molar-refractivity contribution in [1.29, 1.82) is 0 Å². The Kier molecular flexibility index (Phi) is 20.5. The van der Waals surface area contributed by atoms with Crippen molar-refractivity contribution in [3.8, 4) is 57.5 Å². The Hall–Kier alpha value is -6.92. The third-order valence-corrected chi connectivity index (χ3v) is 15.3. The van der Waals surface area contributed by atoms with E-state index in [1.54, 1.807) is 71.1 Å². The molecule has 0 amide bonds. The number of esters is 2. The van der Waals surface area contributed by atoms with E-state index in [0.717, 1.165) is 33.4 Å². The second-order valence-electron chi connectivity index (χ2n) is 19.8. The standard InChI is InChI=1S/C58H78N2O16/c1-59(19-17-39-29-47(65-3)49(67-5)31-43(39)45(59)23-37-25-51(69-7)55(73-11)52(26-37)70-8)33-41(35-61)57(63)75-21-15-13-14-16-22-76-58(64)42(36-62)34-60(2)20-18-40-30-48(66-4)50(68-6)32-44(40)46(60)24-38-27-53(71-9)56(74-12)54(28-38)72-10/h25-32,35-36,41-42,45-46H,13-24,33-34H2,1-12H3/q+2. The lowest BCUT2D eigenvalue weighted by Crippen LogP contribution is -2.55. The summed E-state index contributed by atoms with van der Waals surface area (Å²) in [5.41, 5.74) is 6.06. The summed E-state index contributed by atoms with van der Waals surface area (Å²) in [5, 5.41) is 0. The Bertz CT molecular complexity index is 2430. The van der Waals surface area contributed by atoms with Gasteiger partial charge in [0.05, 0.1) is 125 Å². The van der Waals surface area contributed by atoms with Crippen LogP contribution in [0.4, 0.5) is 0 Å². The molecule has 0 radical (unpaired) electrons. The van der Waals surface area contributed by atoms with Gasteiger partial charge in [0, 0.05) is 36.8 Å². The molecule has 6 atom stereocenters. The molecule has 0 fully saturated rings. The Morgan fingerprint density at radius 1 is 0.461 bits per heavy atom. The van der Waals surface area contributed by atoms with E-state index in [4.69, 9.17) is 56.8 Å². The molecule has 2 heterocycles. The third kappa shape index (κ3) is 13.0. The highest BCUT2D eigenvalue weighted by Crippen LogP contribution is 2.47. The molecule has 18 heteroatoms. The van der Waals surface area contributed by atoms with Crippen LogP contribution in [-0.2, 0) is 54.3 Å². The summed E-state index contributed by atoms with van der Waals surface area (Å²) in [5.74, 6) is 2.27. The summed E-state index contributed by atoms with van der Waals surface area (Å²) in [6, 6.07) is 15.2. The second-order valence-corrected chi connectivity index (χ2v) is 19.8. The maximum absolute atomic E-state index is 13.6. The number of hydrogen-bond acceptors (Lipinski definition) is 16. The maximum atomic E-state index is 13.6. The number of nitrogens with zero attached hydrogens (tertiary/aromatic N) is 2. The number of aldehydes is 2. The van der Waals surface area contributed by atoms with Crippen LogP contribution in [0.3, 0.4) is 0 Å². The van der Waals surface area contributed by atoms with Gasteiger partial charge in [0.1, 0.15) is 24.7 Å². The van der Waals surface area contributed by atoms with Crippen LogP contribution in [0.15, 0.2) is 48.5 Å². The first kappa shape index (κ1) is 58.3. The highest BCUT2D eigenvalue weighted by atomic mass is 16.6. The van der Waals surface area contributed by atoms with E-state index in [9.17, 15) is 19.2 Å². The minimum absolute atomic E-state index is 0.129. The maximum Gasteiger partial charge on any atom is 0.322 e. The van der Waals surface area contributed by atoms with Gasteiger partial charge in [-0.2, -0.15) is 0 Å². The summed E-state index contributed by atoms with van der Waals surface area (Å²) in [7, 11) is 19.9. The Labute approximate surface area is 447 Å². The van der Waals surface area contributed by atoms with Gasteiger partial charge in [-0.1, -0.05) is 0 Å². The summed E-state index contributed by atoms with van der Waals surface area (Å²) in [6.07, 6.45) is 6.23. The van der Waals surface area contributed by atoms with E-state index in [1.807, 2.05) is 48.5 Å². The van der Waals surface area contributed by atoms with Crippen molar-refractivity contribution in [3.05, 3.63) is 81.9 Å². The Morgan fingerprint density at radius 3 is 1.07 bits per heavy atom. The van der Waals surface area contributed by atoms with Gasteiger partial charge in [-0.25, -0.2) is 0 Å². The first-order chi connectivity index (χ1) is 36.6. The van der Waals surface area contributed by atoms with E-state index >= 15 is 0 Å². The molecular weight excluding hydrogens is 981 g/mol. The molecule has 0 aliphatic carbocycles. The van der Waals surface area contributed by atoms with E-state index in [0.29, 0.717) is 143 Å². The number of hydrogen-bond donors (Lipinski definition) is 0. The molecular formula is C58H78N2O16+2. The number of quaternary nitrogens is 2. The number of rotatable bonds is 29. The summed E-state index contributed by atoms with van der Waals surface area (Å²) in [6.45, 7) is 1.96. The Balaban J connectivity index is 1.05. The molecule has 0 bridgehead atoms. The van der Waals surface area contributed by atoms with Crippen LogP contribution in [0.2, 0.25) is 0 Å². The van der Waals surface area contributed by atoms with Gasteiger partial charge >= 0.3 is 11.9 Å². The highest BCUT2D eigenvalue weighted by Gasteiger charge is 2.45. The van der Waals surface area contributed by atoms with Crippen LogP contribution in [-0.4, -0.2) is 158 Å². The van der Waals surface area contributed by atoms with Crippen molar-refractivity contribution in [3.63, 3.8) is 0 Å². The van der Waals surface area contributed by atoms with Crippen molar-refractivity contribution in [2.24, 2.45) is 11.8 Å². The van der Waals surface area contributed by atoms with E-state index in [-0.39, 0.29) is 38.4 Å². The first-order valence-electron chi connectivity index (χ1n) is 25.7. The first-order valence-corrected chi connectivity index (χ1v) is 25.7. The molecule has 0 saturated carbocycles. The predicted molar refractivity (Wildman–Crippen MR) is 283 cm³/mol. The fourth-order valence-corrected chi connectivity index (χ4v) is 11.1. The van der Waals surface area contributed by atoms with Crippen LogP contribution in [0, 0.1) is 11.8 Å². The van der Waals surface area contributed by atoms with Crippen LogP contribution < -0.4 is 47.4 Å². The summed E-state index contributed by atoms with van der Waals surface area (Å²) < 4.78 is 68.9. The number of unbranched alkanes of at least 4 members (excludes halogenated alkanes) is 3. The largest absolute Gasteiger partial charge is 0.493 e. The lowest BCUT2D eigenvalue weighted by molar-refractivity contribution is -0.942. The predicted octanol–water partition coefficient (Wildman–Crippen LogP) is 7.32. The number of fused-ring (bicyclic) bond motifs is 2. The fourth-order valence-electron chi connectivity index (χ4n) is 11.1. The zero-order chi connectivity index (χ0) is 55.2. The second kappa shape index (κ2) is 26.7. The van der Waals surface area contributed by atoms with Gasteiger partial charge in [-0.05, 0) is 96.5 Å². The molecule has 0 aromatic heterocycles. The van der Waals surface area contributed by atoms with Gasteiger partial charge in [0.25, 0.3) is 0 Å². The van der Waals surface area contributed by atoms with Crippen LogP contribution in [0.25, 0.3) is 0 Å². The topological polar surface area (TPSA) is 179 Å². The molecule has 414 valence electrons. The fraction of sp³-hybridized carbons (Fsp3) is 0.517. The van der Waals surface area contributed by atoms with Crippen molar-refractivity contribution >= 4 is 24.5 Å². The summed E-state index contributed by atoms with van der Waals surface area (Å²) in [4.78, 5) is 52.7. The van der Waals surface area contributed by atoms with Crippen LogP contribution in [0.1, 0.15) is 71.1 Å².